The number of hydrogen-bond donors (Lipinski definition) is 1. The first kappa shape index (κ1) is 25.5. The number of anilines is 2. The molecule has 3 aromatic rings. The van der Waals surface area contributed by atoms with Gasteiger partial charge in [-0.05, 0) is 50.5 Å². The smallest absolute Gasteiger partial charge is 0.208 e. The largest absolute Gasteiger partial charge is 0.490 e. The second-order valence-electron chi connectivity index (χ2n) is 9.35. The highest BCUT2D eigenvalue weighted by Crippen LogP contribution is 2.35. The van der Waals surface area contributed by atoms with Crippen LogP contribution in [0.2, 0.25) is 10.0 Å². The highest BCUT2D eigenvalue weighted by Gasteiger charge is 2.20. The number of carbonyl (C=O) groups is 1. The molecule has 186 valence electrons. The number of allylic oxidation sites excluding steroid dienone is 2. The Hall–Kier alpha value is -2.57. The first-order chi connectivity index (χ1) is 16.7. The number of fused-ring (bicyclic) bond motifs is 1. The van der Waals surface area contributed by atoms with Gasteiger partial charge >= 0.3 is 0 Å². The lowest BCUT2D eigenvalue weighted by molar-refractivity contribution is 0.104. The fourth-order valence-corrected chi connectivity index (χ4v) is 4.86. The van der Waals surface area contributed by atoms with Gasteiger partial charge in [0.1, 0.15) is 5.75 Å². The zero-order chi connectivity index (χ0) is 25.1. The maximum Gasteiger partial charge on any atom is 0.208 e. The first-order valence-electron chi connectivity index (χ1n) is 12.0. The summed E-state index contributed by atoms with van der Waals surface area (Å²) in [7, 11) is 1.79. The van der Waals surface area contributed by atoms with E-state index in [-0.39, 0.29) is 27.6 Å². The van der Waals surface area contributed by atoms with Crippen LogP contribution in [-0.4, -0.2) is 21.4 Å². The summed E-state index contributed by atoms with van der Waals surface area (Å²) >= 11 is 12.1. The summed E-state index contributed by atoms with van der Waals surface area (Å²) in [4.78, 5) is 17.7. The summed E-state index contributed by atoms with van der Waals surface area (Å²) in [5, 5.41) is 3.08. The second-order valence-corrected chi connectivity index (χ2v) is 10.2. The van der Waals surface area contributed by atoms with E-state index in [1.54, 1.807) is 29.8 Å². The summed E-state index contributed by atoms with van der Waals surface area (Å²) in [6.07, 6.45) is 10.7. The summed E-state index contributed by atoms with van der Waals surface area (Å²) < 4.78 is 22.3. The van der Waals surface area contributed by atoms with Crippen molar-refractivity contribution in [2.75, 3.05) is 5.32 Å². The van der Waals surface area contributed by atoms with E-state index >= 15 is 0 Å². The number of aromatic nitrogens is 2. The summed E-state index contributed by atoms with van der Waals surface area (Å²) in [6, 6.07) is 6.44. The van der Waals surface area contributed by atoms with Gasteiger partial charge in [-0.3, -0.25) is 4.79 Å². The van der Waals surface area contributed by atoms with Crippen LogP contribution in [0.5, 0.6) is 5.75 Å². The Labute approximate surface area is 215 Å². The van der Waals surface area contributed by atoms with Crippen molar-refractivity contribution in [1.82, 2.24) is 9.55 Å². The summed E-state index contributed by atoms with van der Waals surface area (Å²) in [5.74, 6) is 0.721. The van der Waals surface area contributed by atoms with Crippen LogP contribution >= 0.6 is 23.2 Å². The number of halogens is 3. The molecule has 0 bridgehead atoms. The van der Waals surface area contributed by atoms with Crippen molar-refractivity contribution in [1.29, 1.82) is 0 Å². The van der Waals surface area contributed by atoms with Gasteiger partial charge in [0.2, 0.25) is 5.95 Å². The van der Waals surface area contributed by atoms with Gasteiger partial charge in [0, 0.05) is 13.1 Å². The van der Waals surface area contributed by atoms with Crippen LogP contribution in [0.3, 0.4) is 0 Å². The van der Waals surface area contributed by atoms with Crippen LogP contribution in [0, 0.1) is 11.7 Å². The molecule has 0 saturated heterocycles. The number of nitrogens with one attached hydrogen (secondary N) is 1. The average molecular weight is 518 g/mol. The Balaban J connectivity index is 1.66. The number of carbonyl (C=O) groups excluding carboxylic acids is 1. The van der Waals surface area contributed by atoms with Gasteiger partial charge in [-0.25, -0.2) is 9.37 Å². The van der Waals surface area contributed by atoms with E-state index in [9.17, 15) is 9.18 Å². The van der Waals surface area contributed by atoms with Crippen molar-refractivity contribution in [2.24, 2.45) is 13.0 Å². The number of hydrogen-bond acceptors (Lipinski definition) is 4. The van der Waals surface area contributed by atoms with Crippen molar-refractivity contribution in [3.8, 4) is 5.75 Å². The van der Waals surface area contributed by atoms with E-state index in [2.05, 4.69) is 10.3 Å². The number of aryl methyl sites for hydroxylation is 1. The van der Waals surface area contributed by atoms with E-state index in [0.717, 1.165) is 11.9 Å². The van der Waals surface area contributed by atoms with Crippen LogP contribution in [0.4, 0.5) is 16.0 Å². The van der Waals surface area contributed by atoms with E-state index < -0.39 is 5.82 Å². The minimum atomic E-state index is -0.658. The molecule has 35 heavy (non-hydrogen) atoms. The van der Waals surface area contributed by atoms with Crippen LogP contribution in [0.1, 0.15) is 62.7 Å². The maximum atomic E-state index is 14.6. The van der Waals surface area contributed by atoms with E-state index in [1.807, 2.05) is 19.9 Å². The lowest BCUT2D eigenvalue weighted by atomic mass is 9.87. The highest BCUT2D eigenvalue weighted by atomic mass is 35.5. The van der Waals surface area contributed by atoms with E-state index in [0.29, 0.717) is 28.7 Å². The third kappa shape index (κ3) is 5.81. The molecule has 2 aromatic carbocycles. The van der Waals surface area contributed by atoms with Crippen LogP contribution in [0.15, 0.2) is 36.4 Å². The zero-order valence-electron chi connectivity index (χ0n) is 20.2. The number of nitrogens with zero attached hydrogens (tertiary/aromatic N) is 2. The Morgan fingerprint density at radius 2 is 1.94 bits per heavy atom. The Kier molecular flexibility index (Phi) is 8.02. The molecule has 0 radical (unpaired) electrons. The molecule has 8 heteroatoms. The number of ether oxygens (including phenoxy) is 1. The van der Waals surface area contributed by atoms with Gasteiger partial charge in [-0.1, -0.05) is 61.4 Å². The number of ketones is 1. The normalized spacial score (nSPS) is 14.8. The number of imidazole rings is 1. The number of rotatable bonds is 8. The van der Waals surface area contributed by atoms with Crippen molar-refractivity contribution in [3.05, 3.63) is 57.8 Å². The minimum Gasteiger partial charge on any atom is -0.490 e. The van der Waals surface area contributed by atoms with Gasteiger partial charge in [-0.2, -0.15) is 0 Å². The Morgan fingerprint density at radius 1 is 1.23 bits per heavy atom. The molecule has 0 aliphatic heterocycles. The van der Waals surface area contributed by atoms with Crippen molar-refractivity contribution < 1.29 is 13.9 Å². The van der Waals surface area contributed by atoms with E-state index in [4.69, 9.17) is 27.9 Å². The summed E-state index contributed by atoms with van der Waals surface area (Å²) in [5.41, 5.74) is 1.79. The molecule has 1 heterocycles. The third-order valence-electron chi connectivity index (χ3n) is 6.35. The van der Waals surface area contributed by atoms with E-state index in [1.165, 1.54) is 44.2 Å². The van der Waals surface area contributed by atoms with Crippen LogP contribution < -0.4 is 10.1 Å². The zero-order valence-corrected chi connectivity index (χ0v) is 21.7. The van der Waals surface area contributed by atoms with Gasteiger partial charge in [0.05, 0.1) is 38.4 Å². The summed E-state index contributed by atoms with van der Waals surface area (Å²) in [6.45, 7) is 3.83. The molecule has 1 aliphatic rings. The molecule has 1 N–H and O–H groups in total. The van der Waals surface area contributed by atoms with Crippen LogP contribution in [0.25, 0.3) is 11.0 Å². The fraction of sp³-hybridized carbons (Fsp3) is 0.407. The van der Waals surface area contributed by atoms with Crippen molar-refractivity contribution in [3.63, 3.8) is 0 Å². The van der Waals surface area contributed by atoms with Gasteiger partial charge < -0.3 is 14.6 Å². The quantitative estimate of drug-likeness (QED) is 0.185. The Morgan fingerprint density at radius 3 is 2.66 bits per heavy atom. The minimum absolute atomic E-state index is 0.0400. The molecule has 5 nitrogen and oxygen atoms in total. The van der Waals surface area contributed by atoms with Gasteiger partial charge in [0.15, 0.2) is 11.6 Å². The monoisotopic (exact) mass is 517 g/mol. The first-order valence-corrected chi connectivity index (χ1v) is 12.8. The number of benzene rings is 2. The van der Waals surface area contributed by atoms with Gasteiger partial charge in [-0.15, -0.1) is 0 Å². The molecule has 1 fully saturated rings. The molecule has 1 saturated carbocycles. The van der Waals surface area contributed by atoms with Crippen LogP contribution in [-0.2, 0) is 7.05 Å². The maximum absolute atomic E-state index is 14.6. The highest BCUT2D eigenvalue weighted by molar-refractivity contribution is 6.35. The second kappa shape index (κ2) is 11.0. The molecule has 0 spiro atoms. The predicted molar refractivity (Wildman–Crippen MR) is 141 cm³/mol. The molecular formula is C27H30Cl2FN3O2. The average Bonchev–Trinajstić information content (AvgIpc) is 3.13. The standard InChI is InChI=1S/C27H30Cl2FN3O2/c1-16(2)35-24-15-22-21(14-18(24)23(34)11-7-10-17-8-5-4-6-9-17)31-27(33(22)3)32-26-20(29)13-12-19(28)25(26)30/h7,11-17H,4-6,8-10H2,1-3H3,(H,31,32). The SMILES string of the molecule is CC(C)Oc1cc2c(cc1C(=O)C=CCC1CCCCC1)nc(Nc1c(Cl)ccc(Cl)c1F)n2C. The predicted octanol–water partition coefficient (Wildman–Crippen LogP) is 8.26. The Bertz CT molecular complexity index is 1260. The molecule has 1 aromatic heterocycles. The van der Waals surface area contributed by atoms with Crippen molar-refractivity contribution >= 4 is 51.7 Å². The molecule has 0 amide bonds. The lowest BCUT2D eigenvalue weighted by Gasteiger charge is -2.19. The molecule has 0 atom stereocenters. The van der Waals surface area contributed by atoms with Crippen molar-refractivity contribution in [2.45, 2.75) is 58.5 Å². The molecule has 4 rings (SSSR count). The molecule has 1 aliphatic carbocycles. The topological polar surface area (TPSA) is 56.1 Å². The van der Waals surface area contributed by atoms with Gasteiger partial charge in [0.25, 0.3) is 0 Å². The molecular weight excluding hydrogens is 488 g/mol. The third-order valence-corrected chi connectivity index (χ3v) is 6.96. The molecule has 0 unspecified atom stereocenters. The lowest BCUT2D eigenvalue weighted by Crippen LogP contribution is -2.10. The fourth-order valence-electron chi connectivity index (χ4n) is 4.51.